The highest BCUT2D eigenvalue weighted by Gasteiger charge is 2.32. The smallest absolute Gasteiger partial charge is 0.169 e. The van der Waals surface area contributed by atoms with Crippen molar-refractivity contribution in [3.8, 4) is 0 Å². The summed E-state index contributed by atoms with van der Waals surface area (Å²) in [6.45, 7) is 2.06. The van der Waals surface area contributed by atoms with Gasteiger partial charge in [-0.05, 0) is 38.8 Å². The lowest BCUT2D eigenvalue weighted by molar-refractivity contribution is 0.0969. The summed E-state index contributed by atoms with van der Waals surface area (Å²) in [7, 11) is 0. The summed E-state index contributed by atoms with van der Waals surface area (Å²) >= 11 is 0. The normalized spacial score (nSPS) is 18.9. The molecule has 1 aliphatic carbocycles. The average molecular weight is 322 g/mol. The monoisotopic (exact) mass is 321 g/mol. The minimum absolute atomic E-state index is 0. The van der Waals surface area contributed by atoms with E-state index in [0.717, 1.165) is 44.6 Å². The Morgan fingerprint density at radius 1 is 1.23 bits per heavy atom. The van der Waals surface area contributed by atoms with Crippen LogP contribution in [0.4, 0.5) is 5.82 Å². The number of halogens is 1. The number of H-pyrrole nitrogens is 1. The van der Waals surface area contributed by atoms with Crippen molar-refractivity contribution in [2.75, 3.05) is 18.4 Å². The predicted molar refractivity (Wildman–Crippen MR) is 87.7 cm³/mol. The molecule has 7 heteroatoms. The Morgan fingerprint density at radius 3 is 2.73 bits per heavy atom. The van der Waals surface area contributed by atoms with E-state index in [9.17, 15) is 4.79 Å². The summed E-state index contributed by atoms with van der Waals surface area (Å²) < 4.78 is 0. The van der Waals surface area contributed by atoms with E-state index in [1.807, 2.05) is 0 Å². The number of hydrogen-bond donors (Lipinski definition) is 3. The first-order valence-electron chi connectivity index (χ1n) is 7.67. The molecule has 3 heterocycles. The Morgan fingerprint density at radius 2 is 2.00 bits per heavy atom. The van der Waals surface area contributed by atoms with Gasteiger partial charge in [0.1, 0.15) is 11.3 Å². The molecule has 0 radical (unpaired) electrons. The molecule has 1 saturated heterocycles. The van der Waals surface area contributed by atoms with Crippen LogP contribution in [0.25, 0.3) is 11.2 Å². The van der Waals surface area contributed by atoms with Crippen LogP contribution in [0.15, 0.2) is 12.4 Å². The first-order chi connectivity index (χ1) is 10.3. The Bertz CT molecular complexity index is 676. The van der Waals surface area contributed by atoms with Crippen LogP contribution in [0.2, 0.25) is 0 Å². The molecule has 118 valence electrons. The molecule has 4 rings (SSSR count). The Hall–Kier alpha value is -1.66. The molecule has 0 spiro atoms. The van der Waals surface area contributed by atoms with E-state index in [1.165, 1.54) is 0 Å². The summed E-state index contributed by atoms with van der Waals surface area (Å²) in [6, 6.07) is 0.430. The molecule has 0 aromatic carbocycles. The minimum atomic E-state index is 0. The first-order valence-corrected chi connectivity index (χ1v) is 7.67. The number of carbonyl (C=O) groups is 1. The average Bonchev–Trinajstić information content (AvgIpc) is 3.28. The first kappa shape index (κ1) is 15.2. The highest BCUT2D eigenvalue weighted by atomic mass is 35.5. The van der Waals surface area contributed by atoms with Crippen LogP contribution >= 0.6 is 12.4 Å². The summed E-state index contributed by atoms with van der Waals surface area (Å²) in [5, 5.41) is 6.78. The summed E-state index contributed by atoms with van der Waals surface area (Å²) in [6.07, 6.45) is 7.67. The maximum atomic E-state index is 12.3. The van der Waals surface area contributed by atoms with Gasteiger partial charge in [-0.2, -0.15) is 0 Å². The number of aromatic nitrogens is 3. The lowest BCUT2D eigenvalue weighted by atomic mass is 10.1. The molecule has 6 nitrogen and oxygen atoms in total. The second kappa shape index (κ2) is 6.22. The molecular weight excluding hydrogens is 302 g/mol. The van der Waals surface area contributed by atoms with Gasteiger partial charge in [-0.15, -0.1) is 12.4 Å². The Labute approximate surface area is 134 Å². The zero-order valence-corrected chi connectivity index (χ0v) is 13.1. The standard InChI is InChI=1S/C15H19N5O.ClH/c21-14(9-1-2-9)11-7-17-15-13(11)20-12(8-18-15)19-10-3-5-16-6-4-10;/h7-10,16H,1-6H2,(H,17,18)(H,19,20);1H. The number of nitrogens with zero attached hydrogens (tertiary/aromatic N) is 2. The van der Waals surface area contributed by atoms with E-state index in [-0.39, 0.29) is 24.1 Å². The molecular formula is C15H20ClN5O. The second-order valence-electron chi connectivity index (χ2n) is 5.96. The molecule has 0 amide bonds. The third-order valence-corrected chi connectivity index (χ3v) is 4.29. The van der Waals surface area contributed by atoms with Gasteiger partial charge in [0.25, 0.3) is 0 Å². The summed E-state index contributed by atoms with van der Waals surface area (Å²) in [5.74, 6) is 1.17. The van der Waals surface area contributed by atoms with Crippen LogP contribution < -0.4 is 10.6 Å². The van der Waals surface area contributed by atoms with E-state index in [0.29, 0.717) is 22.8 Å². The number of carbonyl (C=O) groups excluding carboxylic acids is 1. The van der Waals surface area contributed by atoms with Crippen molar-refractivity contribution in [3.05, 3.63) is 18.0 Å². The zero-order valence-electron chi connectivity index (χ0n) is 12.3. The maximum absolute atomic E-state index is 12.3. The number of aromatic amines is 1. The maximum Gasteiger partial charge on any atom is 0.169 e. The zero-order chi connectivity index (χ0) is 14.2. The van der Waals surface area contributed by atoms with Gasteiger partial charge >= 0.3 is 0 Å². The largest absolute Gasteiger partial charge is 0.366 e. The molecule has 22 heavy (non-hydrogen) atoms. The summed E-state index contributed by atoms with van der Waals surface area (Å²) in [4.78, 5) is 24.3. The highest BCUT2D eigenvalue weighted by molar-refractivity contribution is 6.08. The fourth-order valence-electron chi connectivity index (χ4n) is 2.89. The number of piperidine rings is 1. The lowest BCUT2D eigenvalue weighted by Crippen LogP contribution is -2.35. The second-order valence-corrected chi connectivity index (χ2v) is 5.96. The van der Waals surface area contributed by atoms with Crippen molar-refractivity contribution in [1.29, 1.82) is 0 Å². The predicted octanol–water partition coefficient (Wildman–Crippen LogP) is 2.14. The molecule has 0 atom stereocenters. The molecule has 2 aromatic heterocycles. The third kappa shape index (κ3) is 2.94. The molecule has 2 aromatic rings. The fourth-order valence-corrected chi connectivity index (χ4v) is 2.89. The van der Waals surface area contributed by atoms with E-state index in [4.69, 9.17) is 0 Å². The fraction of sp³-hybridized carbons (Fsp3) is 0.533. The number of nitrogens with one attached hydrogen (secondary N) is 3. The number of rotatable bonds is 4. The quantitative estimate of drug-likeness (QED) is 0.751. The molecule has 2 fully saturated rings. The van der Waals surface area contributed by atoms with Gasteiger partial charge in [0, 0.05) is 18.2 Å². The van der Waals surface area contributed by atoms with Gasteiger partial charge in [-0.25, -0.2) is 9.97 Å². The lowest BCUT2D eigenvalue weighted by Gasteiger charge is -2.23. The van der Waals surface area contributed by atoms with Crippen LogP contribution in [0.3, 0.4) is 0 Å². The van der Waals surface area contributed by atoms with Crippen LogP contribution in [0.1, 0.15) is 36.0 Å². The molecule has 1 aliphatic heterocycles. The van der Waals surface area contributed by atoms with Gasteiger partial charge in [0.05, 0.1) is 11.8 Å². The Kier molecular flexibility index (Phi) is 4.31. The van der Waals surface area contributed by atoms with Gasteiger partial charge < -0.3 is 15.6 Å². The van der Waals surface area contributed by atoms with Gasteiger partial charge in [0.2, 0.25) is 0 Å². The SMILES string of the molecule is Cl.O=C(c1c[nH]c2ncc(NC3CCNCC3)nc12)C1CC1. The van der Waals surface area contributed by atoms with Crippen LogP contribution in [-0.4, -0.2) is 39.9 Å². The van der Waals surface area contributed by atoms with Crippen molar-refractivity contribution >= 4 is 35.2 Å². The topological polar surface area (TPSA) is 82.7 Å². The van der Waals surface area contributed by atoms with E-state index < -0.39 is 0 Å². The van der Waals surface area contributed by atoms with Crippen LogP contribution in [0, 0.1) is 5.92 Å². The van der Waals surface area contributed by atoms with Crippen molar-refractivity contribution < 1.29 is 4.79 Å². The number of anilines is 1. The molecule has 0 bridgehead atoms. The van der Waals surface area contributed by atoms with E-state index in [1.54, 1.807) is 12.4 Å². The third-order valence-electron chi connectivity index (χ3n) is 4.29. The van der Waals surface area contributed by atoms with Crippen molar-refractivity contribution in [3.63, 3.8) is 0 Å². The summed E-state index contributed by atoms with van der Waals surface area (Å²) in [5.41, 5.74) is 2.08. The van der Waals surface area contributed by atoms with Crippen molar-refractivity contribution in [1.82, 2.24) is 20.3 Å². The number of fused-ring (bicyclic) bond motifs is 1. The van der Waals surface area contributed by atoms with E-state index >= 15 is 0 Å². The van der Waals surface area contributed by atoms with Crippen molar-refractivity contribution in [2.24, 2.45) is 5.92 Å². The van der Waals surface area contributed by atoms with Gasteiger partial charge in [0.15, 0.2) is 11.4 Å². The molecule has 3 N–H and O–H groups in total. The number of hydrogen-bond acceptors (Lipinski definition) is 5. The number of ketones is 1. The van der Waals surface area contributed by atoms with Crippen LogP contribution in [0.5, 0.6) is 0 Å². The van der Waals surface area contributed by atoms with Gasteiger partial charge in [-0.1, -0.05) is 0 Å². The number of Topliss-reactive ketones (excluding diaryl/α,β-unsaturated/α-hetero) is 1. The van der Waals surface area contributed by atoms with Crippen LogP contribution in [-0.2, 0) is 0 Å². The molecule has 1 saturated carbocycles. The molecule has 2 aliphatic rings. The Balaban J connectivity index is 0.00000144. The van der Waals surface area contributed by atoms with E-state index in [2.05, 4.69) is 25.6 Å². The van der Waals surface area contributed by atoms with Gasteiger partial charge in [-0.3, -0.25) is 4.79 Å². The highest BCUT2D eigenvalue weighted by Crippen LogP contribution is 2.34. The van der Waals surface area contributed by atoms with Crippen molar-refractivity contribution in [2.45, 2.75) is 31.7 Å². The minimum Gasteiger partial charge on any atom is -0.366 e. The molecule has 0 unspecified atom stereocenters.